The van der Waals surface area contributed by atoms with Crippen molar-refractivity contribution in [2.45, 2.75) is 19.9 Å². The number of hydrogen-bond acceptors (Lipinski definition) is 3. The maximum atomic E-state index is 14.3. The van der Waals surface area contributed by atoms with E-state index in [1.54, 1.807) is 34.4 Å². The van der Waals surface area contributed by atoms with Crippen molar-refractivity contribution in [3.05, 3.63) is 70.2 Å². The zero-order valence-corrected chi connectivity index (χ0v) is 13.4. The Morgan fingerprint density at radius 2 is 2.26 bits per heavy atom. The van der Waals surface area contributed by atoms with Crippen molar-refractivity contribution in [3.8, 4) is 5.69 Å². The molecule has 0 fully saturated rings. The number of benzene rings is 1. The average Bonchev–Trinajstić information content (AvgIpc) is 3.17. The number of aromatic nitrogens is 2. The highest BCUT2D eigenvalue weighted by Crippen LogP contribution is 2.17. The van der Waals surface area contributed by atoms with Crippen molar-refractivity contribution >= 4 is 17.2 Å². The van der Waals surface area contributed by atoms with Gasteiger partial charge in [-0.15, -0.1) is 11.3 Å². The minimum atomic E-state index is -0.337. The summed E-state index contributed by atoms with van der Waals surface area (Å²) in [7, 11) is 0. The van der Waals surface area contributed by atoms with Gasteiger partial charge in [0.15, 0.2) is 0 Å². The third-order valence-electron chi connectivity index (χ3n) is 3.50. The molecule has 0 saturated carbocycles. The number of nitrogens with zero attached hydrogens (tertiary/aromatic N) is 2. The van der Waals surface area contributed by atoms with Crippen LogP contribution in [0.25, 0.3) is 5.69 Å². The molecule has 0 bridgehead atoms. The monoisotopic (exact) mass is 329 g/mol. The van der Waals surface area contributed by atoms with Gasteiger partial charge < -0.3 is 9.88 Å². The third-order valence-corrected chi connectivity index (χ3v) is 4.38. The van der Waals surface area contributed by atoms with E-state index < -0.39 is 0 Å². The quantitative estimate of drug-likeness (QED) is 0.781. The molecule has 1 N–H and O–H groups in total. The smallest absolute Gasteiger partial charge is 0.225 e. The van der Waals surface area contributed by atoms with E-state index in [0.29, 0.717) is 18.7 Å². The Bertz CT molecular complexity index is 811. The minimum Gasteiger partial charge on any atom is -0.352 e. The second-order valence-corrected chi connectivity index (χ2v) is 6.20. The molecule has 2 aromatic heterocycles. The Balaban J connectivity index is 1.64. The topological polar surface area (TPSA) is 46.9 Å². The van der Waals surface area contributed by atoms with Crippen LogP contribution in [0.1, 0.15) is 16.3 Å². The van der Waals surface area contributed by atoms with E-state index in [4.69, 9.17) is 0 Å². The van der Waals surface area contributed by atoms with Gasteiger partial charge in [-0.2, -0.15) is 0 Å². The molecule has 0 unspecified atom stereocenters. The number of carbonyl (C=O) groups is 1. The molecule has 0 radical (unpaired) electrons. The number of imidazole rings is 1. The molecule has 4 nitrogen and oxygen atoms in total. The number of carbonyl (C=O) groups excluding carboxylic acids is 1. The molecule has 0 atom stereocenters. The highest BCUT2D eigenvalue weighted by Gasteiger charge is 2.09. The molecule has 0 saturated heterocycles. The van der Waals surface area contributed by atoms with Crippen LogP contribution in [0.3, 0.4) is 0 Å². The normalized spacial score (nSPS) is 10.7. The van der Waals surface area contributed by atoms with Crippen LogP contribution in [-0.2, 0) is 17.8 Å². The van der Waals surface area contributed by atoms with E-state index in [1.165, 1.54) is 6.07 Å². The highest BCUT2D eigenvalue weighted by atomic mass is 32.1. The van der Waals surface area contributed by atoms with Gasteiger partial charge in [0, 0.05) is 23.8 Å². The van der Waals surface area contributed by atoms with Gasteiger partial charge in [0.05, 0.1) is 12.1 Å². The van der Waals surface area contributed by atoms with Crippen LogP contribution in [0, 0.1) is 12.7 Å². The largest absolute Gasteiger partial charge is 0.352 e. The lowest BCUT2D eigenvalue weighted by atomic mass is 10.2. The summed E-state index contributed by atoms with van der Waals surface area (Å²) < 4.78 is 16.0. The zero-order chi connectivity index (χ0) is 16.2. The molecule has 3 rings (SSSR count). The van der Waals surface area contributed by atoms with Crippen LogP contribution >= 0.6 is 11.3 Å². The summed E-state index contributed by atoms with van der Waals surface area (Å²) in [6.07, 6.45) is 3.70. The second-order valence-electron chi connectivity index (χ2n) is 5.16. The summed E-state index contributed by atoms with van der Waals surface area (Å²) in [6.45, 7) is 2.13. The molecule has 1 aromatic carbocycles. The van der Waals surface area contributed by atoms with Crippen molar-refractivity contribution in [2.75, 3.05) is 0 Å². The molecule has 0 spiro atoms. The van der Waals surface area contributed by atoms with E-state index in [9.17, 15) is 9.18 Å². The third kappa shape index (κ3) is 3.65. The molecule has 0 aliphatic heterocycles. The van der Waals surface area contributed by atoms with Gasteiger partial charge >= 0.3 is 0 Å². The zero-order valence-electron chi connectivity index (χ0n) is 12.6. The Kier molecular flexibility index (Phi) is 4.52. The van der Waals surface area contributed by atoms with Crippen molar-refractivity contribution in [2.24, 2.45) is 0 Å². The lowest BCUT2D eigenvalue weighted by Gasteiger charge is -2.09. The predicted octanol–water partition coefficient (Wildman–Crippen LogP) is 3.24. The predicted molar refractivity (Wildman–Crippen MR) is 88.1 cm³/mol. The fraction of sp³-hybridized carbons (Fsp3) is 0.176. The molecular formula is C17H16FN3OS. The first-order valence-corrected chi connectivity index (χ1v) is 8.09. The van der Waals surface area contributed by atoms with Crippen LogP contribution < -0.4 is 5.32 Å². The van der Waals surface area contributed by atoms with E-state index >= 15 is 0 Å². The van der Waals surface area contributed by atoms with Gasteiger partial charge in [-0.3, -0.25) is 4.79 Å². The molecule has 3 aromatic rings. The number of nitrogens with one attached hydrogen (secondary N) is 1. The minimum absolute atomic E-state index is 0.0672. The lowest BCUT2D eigenvalue weighted by Crippen LogP contribution is -2.24. The SMILES string of the molecule is Cc1nccn1-c1ccc(CNC(=O)Cc2cccs2)cc1F. The van der Waals surface area contributed by atoms with E-state index in [0.717, 1.165) is 16.3 Å². The fourth-order valence-electron chi connectivity index (χ4n) is 2.32. The molecule has 23 heavy (non-hydrogen) atoms. The number of hydrogen-bond donors (Lipinski definition) is 1. The number of aryl methyl sites for hydroxylation is 1. The first kappa shape index (κ1) is 15.4. The lowest BCUT2D eigenvalue weighted by molar-refractivity contribution is -0.120. The van der Waals surface area contributed by atoms with Gasteiger partial charge in [0.1, 0.15) is 11.6 Å². The summed E-state index contributed by atoms with van der Waals surface area (Å²) in [5, 5.41) is 4.75. The average molecular weight is 329 g/mol. The van der Waals surface area contributed by atoms with Gasteiger partial charge in [0.2, 0.25) is 5.91 Å². The summed E-state index contributed by atoms with van der Waals surface area (Å²) >= 11 is 1.55. The Morgan fingerprint density at radius 3 is 2.91 bits per heavy atom. The maximum Gasteiger partial charge on any atom is 0.225 e. The number of thiophene rings is 1. The first-order chi connectivity index (χ1) is 11.1. The molecule has 118 valence electrons. The maximum absolute atomic E-state index is 14.3. The van der Waals surface area contributed by atoms with Crippen LogP contribution in [-0.4, -0.2) is 15.5 Å². The summed E-state index contributed by atoms with van der Waals surface area (Å²) in [6, 6.07) is 8.79. The first-order valence-electron chi connectivity index (χ1n) is 7.21. The molecule has 0 aliphatic rings. The van der Waals surface area contributed by atoms with Crippen molar-refractivity contribution in [3.63, 3.8) is 0 Å². The van der Waals surface area contributed by atoms with Crippen molar-refractivity contribution < 1.29 is 9.18 Å². The molecular weight excluding hydrogens is 313 g/mol. The van der Waals surface area contributed by atoms with E-state index in [1.807, 2.05) is 30.5 Å². The summed E-state index contributed by atoms with van der Waals surface area (Å²) in [4.78, 5) is 17.0. The Labute approximate surface area is 137 Å². The van der Waals surface area contributed by atoms with Gasteiger partial charge in [-0.1, -0.05) is 12.1 Å². The number of halogens is 1. The van der Waals surface area contributed by atoms with E-state index in [2.05, 4.69) is 10.3 Å². The van der Waals surface area contributed by atoms with Gasteiger partial charge in [0.25, 0.3) is 0 Å². The van der Waals surface area contributed by atoms with Crippen LogP contribution in [0.2, 0.25) is 0 Å². The fourth-order valence-corrected chi connectivity index (χ4v) is 3.03. The van der Waals surface area contributed by atoms with E-state index in [-0.39, 0.29) is 11.7 Å². The Morgan fingerprint density at radius 1 is 1.39 bits per heavy atom. The molecule has 2 heterocycles. The van der Waals surface area contributed by atoms with Crippen LogP contribution in [0.4, 0.5) is 4.39 Å². The second kappa shape index (κ2) is 6.75. The van der Waals surface area contributed by atoms with Crippen LogP contribution in [0.15, 0.2) is 48.1 Å². The standard InChI is InChI=1S/C17H16FN3OS/c1-12-19-6-7-21(12)16-5-4-13(9-15(16)18)11-20-17(22)10-14-3-2-8-23-14/h2-9H,10-11H2,1H3,(H,20,22). The summed E-state index contributed by atoms with van der Waals surface area (Å²) in [5.41, 5.74) is 1.18. The van der Waals surface area contributed by atoms with Gasteiger partial charge in [-0.05, 0) is 36.1 Å². The summed E-state index contributed by atoms with van der Waals surface area (Å²) in [5.74, 6) is 0.319. The Hall–Kier alpha value is -2.47. The molecule has 6 heteroatoms. The highest BCUT2D eigenvalue weighted by molar-refractivity contribution is 7.10. The number of rotatable bonds is 5. The number of amides is 1. The molecule has 0 aliphatic carbocycles. The molecule has 1 amide bonds. The van der Waals surface area contributed by atoms with Crippen molar-refractivity contribution in [1.82, 2.24) is 14.9 Å². The van der Waals surface area contributed by atoms with Crippen LogP contribution in [0.5, 0.6) is 0 Å². The van der Waals surface area contributed by atoms with Crippen molar-refractivity contribution in [1.29, 1.82) is 0 Å². The van der Waals surface area contributed by atoms with Gasteiger partial charge in [-0.25, -0.2) is 9.37 Å².